The van der Waals surface area contributed by atoms with Crippen LogP contribution in [0.2, 0.25) is 0 Å². The number of nitrogens with zero attached hydrogens (tertiary/aromatic N) is 6. The molecule has 2 aromatic rings. The molecule has 0 aromatic carbocycles. The lowest BCUT2D eigenvalue weighted by Crippen LogP contribution is -2.41. The fraction of sp³-hybridized carbons (Fsp3) is 0.588. The molecule has 0 bridgehead atoms. The molecule has 0 spiro atoms. The fourth-order valence-corrected chi connectivity index (χ4v) is 3.57. The third-order valence-corrected chi connectivity index (χ3v) is 4.79. The van der Waals surface area contributed by atoms with Gasteiger partial charge in [0, 0.05) is 57.1 Å². The molecular formula is C17H24N6O2. The van der Waals surface area contributed by atoms with E-state index in [1.807, 2.05) is 12.3 Å². The van der Waals surface area contributed by atoms with Gasteiger partial charge >= 0.3 is 0 Å². The van der Waals surface area contributed by atoms with E-state index in [-0.39, 0.29) is 0 Å². The van der Waals surface area contributed by atoms with Gasteiger partial charge < -0.3 is 14.7 Å². The maximum Gasteiger partial charge on any atom is 0.136 e. The second-order valence-electron chi connectivity index (χ2n) is 6.59. The Morgan fingerprint density at radius 3 is 2.84 bits per heavy atom. The van der Waals surface area contributed by atoms with Gasteiger partial charge in [-0.3, -0.25) is 9.58 Å². The van der Waals surface area contributed by atoms with Crippen molar-refractivity contribution in [3.05, 3.63) is 36.0 Å². The van der Waals surface area contributed by atoms with Crippen molar-refractivity contribution in [3.63, 3.8) is 0 Å². The van der Waals surface area contributed by atoms with Gasteiger partial charge in [-0.1, -0.05) is 0 Å². The number of fused-ring (bicyclic) bond motifs is 1. The lowest BCUT2D eigenvalue weighted by molar-refractivity contribution is 0.0883. The molecule has 8 nitrogen and oxygen atoms in total. The first kappa shape index (κ1) is 16.4. The highest BCUT2D eigenvalue weighted by molar-refractivity contribution is 5.49. The number of ether oxygens (including phenoxy) is 1. The standard InChI is InChI=1S/C17H24N6O2/c24-14(11-23-4-1-3-20-23)10-21-5-2-16-15(12-21)17(19-13-18-16)22-6-8-25-9-7-22/h1,3-4,13-14,24H,2,5-12H2. The Kier molecular flexibility index (Phi) is 4.91. The van der Waals surface area contributed by atoms with Crippen LogP contribution in [-0.4, -0.2) is 75.3 Å². The topological polar surface area (TPSA) is 79.5 Å². The maximum atomic E-state index is 10.4. The number of aromatic nitrogens is 4. The molecule has 25 heavy (non-hydrogen) atoms. The number of morpholine rings is 1. The Hall–Kier alpha value is -2.03. The number of hydrogen-bond acceptors (Lipinski definition) is 7. The predicted molar refractivity (Wildman–Crippen MR) is 92.3 cm³/mol. The van der Waals surface area contributed by atoms with Gasteiger partial charge in [0.15, 0.2) is 0 Å². The predicted octanol–water partition coefficient (Wildman–Crippen LogP) is -0.0711. The van der Waals surface area contributed by atoms with E-state index in [9.17, 15) is 5.11 Å². The van der Waals surface area contributed by atoms with Crippen LogP contribution in [0.3, 0.4) is 0 Å². The van der Waals surface area contributed by atoms with Crippen LogP contribution in [0, 0.1) is 0 Å². The normalized spacial score (nSPS) is 19.6. The molecule has 1 unspecified atom stereocenters. The van der Waals surface area contributed by atoms with Crippen molar-refractivity contribution in [3.8, 4) is 0 Å². The molecule has 1 saturated heterocycles. The lowest BCUT2D eigenvalue weighted by atomic mass is 10.0. The van der Waals surface area contributed by atoms with E-state index < -0.39 is 6.10 Å². The van der Waals surface area contributed by atoms with Crippen LogP contribution >= 0.6 is 0 Å². The Labute approximate surface area is 147 Å². The fourth-order valence-electron chi connectivity index (χ4n) is 3.57. The smallest absolute Gasteiger partial charge is 0.136 e. The molecule has 134 valence electrons. The average molecular weight is 344 g/mol. The molecule has 2 aliphatic rings. The van der Waals surface area contributed by atoms with Crippen LogP contribution in [0.1, 0.15) is 11.3 Å². The number of aliphatic hydroxyl groups excluding tert-OH is 1. The first-order chi connectivity index (χ1) is 12.3. The summed E-state index contributed by atoms with van der Waals surface area (Å²) in [5, 5.41) is 14.5. The second kappa shape index (κ2) is 7.47. The minimum absolute atomic E-state index is 0.446. The largest absolute Gasteiger partial charge is 0.390 e. The summed E-state index contributed by atoms with van der Waals surface area (Å²) in [7, 11) is 0. The van der Waals surface area contributed by atoms with Gasteiger partial charge in [-0.2, -0.15) is 5.10 Å². The van der Waals surface area contributed by atoms with Crippen molar-refractivity contribution >= 4 is 5.82 Å². The molecular weight excluding hydrogens is 320 g/mol. The zero-order valence-corrected chi connectivity index (χ0v) is 14.3. The molecule has 0 amide bonds. The van der Waals surface area contributed by atoms with E-state index in [0.29, 0.717) is 13.1 Å². The van der Waals surface area contributed by atoms with Gasteiger partial charge in [0.1, 0.15) is 12.1 Å². The van der Waals surface area contributed by atoms with Crippen LogP contribution in [0.25, 0.3) is 0 Å². The van der Waals surface area contributed by atoms with E-state index in [1.165, 1.54) is 5.56 Å². The SMILES string of the molecule is OC(CN1CCc2ncnc(N3CCOCC3)c2C1)Cn1cccn1. The third kappa shape index (κ3) is 3.81. The Bertz CT molecular complexity index is 686. The van der Waals surface area contributed by atoms with E-state index in [4.69, 9.17) is 4.74 Å². The number of aliphatic hydroxyl groups is 1. The van der Waals surface area contributed by atoms with E-state index in [1.54, 1.807) is 17.2 Å². The summed E-state index contributed by atoms with van der Waals surface area (Å²) in [5.41, 5.74) is 2.33. The first-order valence-electron chi connectivity index (χ1n) is 8.83. The van der Waals surface area contributed by atoms with Crippen LogP contribution in [0.4, 0.5) is 5.82 Å². The molecule has 8 heteroatoms. The Morgan fingerprint density at radius 2 is 2.04 bits per heavy atom. The van der Waals surface area contributed by atoms with Crippen molar-refractivity contribution in [2.45, 2.75) is 25.6 Å². The molecule has 1 N–H and O–H groups in total. The maximum absolute atomic E-state index is 10.4. The molecule has 4 rings (SSSR count). The van der Waals surface area contributed by atoms with Crippen molar-refractivity contribution in [1.82, 2.24) is 24.6 Å². The third-order valence-electron chi connectivity index (χ3n) is 4.79. The first-order valence-corrected chi connectivity index (χ1v) is 8.83. The van der Waals surface area contributed by atoms with E-state index in [2.05, 4.69) is 24.9 Å². The van der Waals surface area contributed by atoms with Gasteiger partial charge in [-0.25, -0.2) is 9.97 Å². The molecule has 0 radical (unpaired) electrons. The summed E-state index contributed by atoms with van der Waals surface area (Å²) in [6, 6.07) is 1.87. The Morgan fingerprint density at radius 1 is 1.16 bits per heavy atom. The highest BCUT2D eigenvalue weighted by Gasteiger charge is 2.25. The number of β-amino-alcohol motifs (C(OH)–C–C–N with tert-alkyl or cyclic N) is 1. The summed E-state index contributed by atoms with van der Waals surface area (Å²) in [6.07, 6.45) is 5.72. The number of rotatable bonds is 5. The molecule has 0 aliphatic carbocycles. The van der Waals surface area contributed by atoms with Crippen molar-refractivity contribution in [2.24, 2.45) is 0 Å². The molecule has 2 aromatic heterocycles. The van der Waals surface area contributed by atoms with Crippen molar-refractivity contribution in [2.75, 3.05) is 44.3 Å². The zero-order chi connectivity index (χ0) is 17.1. The summed E-state index contributed by atoms with van der Waals surface area (Å²) in [4.78, 5) is 13.6. The summed E-state index contributed by atoms with van der Waals surface area (Å²) in [5.74, 6) is 1.03. The van der Waals surface area contributed by atoms with Crippen molar-refractivity contribution in [1.29, 1.82) is 0 Å². The average Bonchev–Trinajstić information content (AvgIpc) is 3.14. The molecule has 0 saturated carbocycles. The summed E-state index contributed by atoms with van der Waals surface area (Å²) in [6.45, 7) is 6.03. The minimum Gasteiger partial charge on any atom is -0.390 e. The summed E-state index contributed by atoms with van der Waals surface area (Å²) >= 11 is 0. The molecule has 4 heterocycles. The van der Waals surface area contributed by atoms with Gasteiger partial charge in [0.25, 0.3) is 0 Å². The van der Waals surface area contributed by atoms with Gasteiger partial charge in [0.05, 0.1) is 31.6 Å². The molecule has 1 atom stereocenters. The minimum atomic E-state index is -0.446. The molecule has 2 aliphatic heterocycles. The zero-order valence-electron chi connectivity index (χ0n) is 14.3. The number of anilines is 1. The van der Waals surface area contributed by atoms with Gasteiger partial charge in [-0.15, -0.1) is 0 Å². The highest BCUT2D eigenvalue weighted by atomic mass is 16.5. The molecule has 1 fully saturated rings. The van der Waals surface area contributed by atoms with Gasteiger partial charge in [0.2, 0.25) is 0 Å². The van der Waals surface area contributed by atoms with Crippen LogP contribution in [0.15, 0.2) is 24.8 Å². The second-order valence-corrected chi connectivity index (χ2v) is 6.59. The monoisotopic (exact) mass is 344 g/mol. The van der Waals surface area contributed by atoms with Crippen LogP contribution < -0.4 is 4.90 Å². The van der Waals surface area contributed by atoms with Crippen LogP contribution in [0.5, 0.6) is 0 Å². The summed E-state index contributed by atoms with van der Waals surface area (Å²) < 4.78 is 7.22. The van der Waals surface area contributed by atoms with E-state index >= 15 is 0 Å². The van der Waals surface area contributed by atoms with Crippen molar-refractivity contribution < 1.29 is 9.84 Å². The highest BCUT2D eigenvalue weighted by Crippen LogP contribution is 2.26. The number of hydrogen-bond donors (Lipinski definition) is 1. The quantitative estimate of drug-likeness (QED) is 0.813. The van der Waals surface area contributed by atoms with Crippen LogP contribution in [-0.2, 0) is 24.2 Å². The van der Waals surface area contributed by atoms with E-state index in [0.717, 1.165) is 57.3 Å². The lowest BCUT2D eigenvalue weighted by Gasteiger charge is -2.34. The van der Waals surface area contributed by atoms with Gasteiger partial charge in [-0.05, 0) is 6.07 Å². The Balaban J connectivity index is 1.44.